The van der Waals surface area contributed by atoms with Crippen molar-refractivity contribution in [3.05, 3.63) is 0 Å². The molecule has 0 saturated heterocycles. The summed E-state index contributed by atoms with van der Waals surface area (Å²) in [5.41, 5.74) is 5.53. The van der Waals surface area contributed by atoms with E-state index in [0.29, 0.717) is 0 Å². The third-order valence-corrected chi connectivity index (χ3v) is 1.62. The van der Waals surface area contributed by atoms with Gasteiger partial charge in [-0.3, -0.25) is 0 Å². The van der Waals surface area contributed by atoms with Gasteiger partial charge >= 0.3 is 0 Å². The molecule has 0 fully saturated rings. The topological polar surface area (TPSA) is 49.5 Å². The van der Waals surface area contributed by atoms with E-state index in [9.17, 15) is 0 Å². The van der Waals surface area contributed by atoms with Crippen molar-refractivity contribution < 1.29 is 5.11 Å². The maximum absolute atomic E-state index is 8.62. The fourth-order valence-electron chi connectivity index (χ4n) is 0.871. The van der Waals surface area contributed by atoms with Crippen LogP contribution in [0.15, 0.2) is 0 Å². The Labute approximate surface area is 62.8 Å². The zero-order valence-corrected chi connectivity index (χ0v) is 6.88. The van der Waals surface area contributed by atoms with Gasteiger partial charge in [-0.25, -0.2) is 0 Å². The molecule has 10 heavy (non-hydrogen) atoms. The van der Waals surface area contributed by atoms with E-state index in [1.165, 1.54) is 0 Å². The average Bonchev–Trinajstić information content (AvgIpc) is 1.99. The van der Waals surface area contributed by atoms with Crippen LogP contribution >= 0.6 is 0 Å². The van der Waals surface area contributed by atoms with Crippen LogP contribution in [0.1, 0.15) is 13.8 Å². The Morgan fingerprint density at radius 3 is 2.20 bits per heavy atom. The van der Waals surface area contributed by atoms with Crippen molar-refractivity contribution in [3.8, 4) is 0 Å². The summed E-state index contributed by atoms with van der Waals surface area (Å²) in [5.74, 6) is 0. The van der Waals surface area contributed by atoms with E-state index >= 15 is 0 Å². The molecular weight excluding hydrogens is 128 g/mol. The maximum atomic E-state index is 8.62. The second-order valence-electron chi connectivity index (χ2n) is 2.43. The molecule has 3 heteroatoms. The lowest BCUT2D eigenvalue weighted by atomic mass is 10.3. The van der Waals surface area contributed by atoms with Gasteiger partial charge in [0.2, 0.25) is 0 Å². The smallest absolute Gasteiger partial charge is 0.0595 e. The van der Waals surface area contributed by atoms with E-state index in [4.69, 9.17) is 10.8 Å². The summed E-state index contributed by atoms with van der Waals surface area (Å²) in [4.78, 5) is 2.20. The molecular formula is C7H18N2O. The average molecular weight is 146 g/mol. The molecule has 0 aliphatic rings. The molecule has 0 rings (SSSR count). The molecule has 3 nitrogen and oxygen atoms in total. The first-order valence-corrected chi connectivity index (χ1v) is 3.83. The lowest BCUT2D eigenvalue weighted by Crippen LogP contribution is -2.39. The van der Waals surface area contributed by atoms with Gasteiger partial charge in [0.05, 0.1) is 6.61 Å². The highest BCUT2D eigenvalue weighted by Crippen LogP contribution is 1.88. The molecule has 0 spiro atoms. The molecule has 0 bridgehead atoms. The third-order valence-electron chi connectivity index (χ3n) is 1.62. The molecule has 3 N–H and O–H groups in total. The number of likely N-dealkylation sites (N-methyl/N-ethyl adjacent to an activating group) is 1. The van der Waals surface area contributed by atoms with Gasteiger partial charge in [-0.2, -0.15) is 0 Å². The Balaban J connectivity index is 3.41. The Morgan fingerprint density at radius 2 is 1.90 bits per heavy atom. The largest absolute Gasteiger partial charge is 0.395 e. The minimum Gasteiger partial charge on any atom is -0.395 e. The molecule has 1 atom stereocenters. The number of hydrogen-bond acceptors (Lipinski definition) is 3. The zero-order valence-electron chi connectivity index (χ0n) is 6.88. The predicted octanol–water partition coefficient (Wildman–Crippen LogP) is -0.352. The molecule has 0 saturated carbocycles. The minimum atomic E-state index is -0.0834. The van der Waals surface area contributed by atoms with Gasteiger partial charge in [0, 0.05) is 12.6 Å². The van der Waals surface area contributed by atoms with E-state index < -0.39 is 0 Å². The Kier molecular flexibility index (Phi) is 5.58. The third kappa shape index (κ3) is 3.82. The van der Waals surface area contributed by atoms with Crippen LogP contribution in [0.5, 0.6) is 0 Å². The van der Waals surface area contributed by atoms with Gasteiger partial charge in [0.15, 0.2) is 0 Å². The maximum Gasteiger partial charge on any atom is 0.0595 e. The van der Waals surface area contributed by atoms with Crippen LogP contribution < -0.4 is 5.73 Å². The molecule has 0 radical (unpaired) electrons. The number of aliphatic hydroxyl groups is 1. The summed E-state index contributed by atoms with van der Waals surface area (Å²) in [6.45, 7) is 7.07. The first-order valence-electron chi connectivity index (χ1n) is 3.83. The van der Waals surface area contributed by atoms with Crippen LogP contribution in [0.25, 0.3) is 0 Å². The zero-order chi connectivity index (χ0) is 7.98. The summed E-state index contributed by atoms with van der Waals surface area (Å²) < 4.78 is 0. The van der Waals surface area contributed by atoms with Gasteiger partial charge in [-0.15, -0.1) is 0 Å². The van der Waals surface area contributed by atoms with Crippen molar-refractivity contribution in [2.45, 2.75) is 19.9 Å². The number of nitrogens with two attached hydrogens (primary N) is 1. The van der Waals surface area contributed by atoms with Crippen LogP contribution in [-0.4, -0.2) is 42.3 Å². The molecule has 1 unspecified atom stereocenters. The lowest BCUT2D eigenvalue weighted by Gasteiger charge is -2.20. The SMILES string of the molecule is CCN(CC)CC(N)CO. The molecule has 62 valence electrons. The molecule has 0 heterocycles. The normalized spacial score (nSPS) is 14.1. The molecule has 0 aliphatic heterocycles. The molecule has 0 aromatic carbocycles. The molecule has 0 aromatic rings. The van der Waals surface area contributed by atoms with Crippen LogP contribution in [0.2, 0.25) is 0 Å². The fraction of sp³-hybridized carbons (Fsp3) is 1.00. The molecule has 0 amide bonds. The summed E-state index contributed by atoms with van der Waals surface area (Å²) in [5, 5.41) is 8.62. The predicted molar refractivity (Wildman–Crippen MR) is 42.8 cm³/mol. The highest BCUT2D eigenvalue weighted by Gasteiger charge is 2.04. The highest BCUT2D eigenvalue weighted by molar-refractivity contribution is 4.64. The van der Waals surface area contributed by atoms with Gasteiger partial charge in [-0.1, -0.05) is 13.8 Å². The van der Waals surface area contributed by atoms with Gasteiger partial charge < -0.3 is 15.7 Å². The van der Waals surface area contributed by atoms with Crippen LogP contribution in [0.3, 0.4) is 0 Å². The van der Waals surface area contributed by atoms with Crippen molar-refractivity contribution in [2.24, 2.45) is 5.73 Å². The van der Waals surface area contributed by atoms with E-state index in [1.54, 1.807) is 0 Å². The van der Waals surface area contributed by atoms with E-state index in [0.717, 1.165) is 19.6 Å². The van der Waals surface area contributed by atoms with Crippen LogP contribution in [0.4, 0.5) is 0 Å². The molecule has 0 aromatic heterocycles. The van der Waals surface area contributed by atoms with Crippen molar-refractivity contribution in [2.75, 3.05) is 26.2 Å². The lowest BCUT2D eigenvalue weighted by molar-refractivity contribution is 0.211. The number of rotatable bonds is 5. The Bertz CT molecular complexity index is 74.0. The van der Waals surface area contributed by atoms with Gasteiger partial charge in [0.25, 0.3) is 0 Å². The van der Waals surface area contributed by atoms with Crippen LogP contribution in [-0.2, 0) is 0 Å². The summed E-state index contributed by atoms with van der Waals surface area (Å²) in [6, 6.07) is -0.0834. The quantitative estimate of drug-likeness (QED) is 0.557. The number of hydrogen-bond donors (Lipinski definition) is 2. The Hall–Kier alpha value is -0.120. The second-order valence-corrected chi connectivity index (χ2v) is 2.43. The van der Waals surface area contributed by atoms with Crippen molar-refractivity contribution in [1.82, 2.24) is 4.90 Å². The summed E-state index contributed by atoms with van der Waals surface area (Å²) >= 11 is 0. The monoisotopic (exact) mass is 146 g/mol. The standard InChI is InChI=1S/C7H18N2O/c1-3-9(4-2)5-7(8)6-10/h7,10H,3-6,8H2,1-2H3. The summed E-state index contributed by atoms with van der Waals surface area (Å²) in [7, 11) is 0. The first kappa shape index (κ1) is 9.88. The van der Waals surface area contributed by atoms with E-state index in [1.807, 2.05) is 0 Å². The van der Waals surface area contributed by atoms with Gasteiger partial charge in [-0.05, 0) is 13.1 Å². The fourth-order valence-corrected chi connectivity index (χ4v) is 0.871. The van der Waals surface area contributed by atoms with Crippen LogP contribution in [0, 0.1) is 0 Å². The molecule has 0 aliphatic carbocycles. The van der Waals surface area contributed by atoms with E-state index in [-0.39, 0.29) is 12.6 Å². The summed E-state index contributed by atoms with van der Waals surface area (Å²) in [6.07, 6.45) is 0. The first-order chi connectivity index (χ1) is 4.74. The Morgan fingerprint density at radius 1 is 1.40 bits per heavy atom. The van der Waals surface area contributed by atoms with Crippen molar-refractivity contribution in [1.29, 1.82) is 0 Å². The highest BCUT2D eigenvalue weighted by atomic mass is 16.3. The van der Waals surface area contributed by atoms with E-state index in [2.05, 4.69) is 18.7 Å². The second kappa shape index (κ2) is 5.65. The van der Waals surface area contributed by atoms with Crippen molar-refractivity contribution in [3.63, 3.8) is 0 Å². The number of aliphatic hydroxyl groups excluding tert-OH is 1. The number of nitrogens with zero attached hydrogens (tertiary/aromatic N) is 1. The van der Waals surface area contributed by atoms with Gasteiger partial charge in [0.1, 0.15) is 0 Å². The van der Waals surface area contributed by atoms with Crippen molar-refractivity contribution >= 4 is 0 Å². The minimum absolute atomic E-state index is 0.0799.